The van der Waals surface area contributed by atoms with Crippen molar-refractivity contribution in [2.24, 2.45) is 5.10 Å². The summed E-state index contributed by atoms with van der Waals surface area (Å²) in [6.45, 7) is 1.89. The molecule has 0 spiro atoms. The lowest BCUT2D eigenvalue weighted by Gasteiger charge is -2.22. The number of ether oxygens (including phenoxy) is 1. The van der Waals surface area contributed by atoms with Crippen LogP contribution in [0.4, 0.5) is 0 Å². The molecule has 2 amide bonds. The zero-order chi connectivity index (χ0) is 20.5. The molecule has 0 bridgehead atoms. The quantitative estimate of drug-likeness (QED) is 0.557. The zero-order valence-corrected chi connectivity index (χ0v) is 16.7. The molecule has 2 aromatic rings. The lowest BCUT2D eigenvalue weighted by Crippen LogP contribution is -2.38. The maximum Gasteiger partial charge on any atom is 0.271 e. The van der Waals surface area contributed by atoms with Crippen molar-refractivity contribution in [1.29, 1.82) is 0 Å². The minimum absolute atomic E-state index is 0.0103. The summed E-state index contributed by atoms with van der Waals surface area (Å²) in [5.74, 6) is 0.287. The second kappa shape index (κ2) is 10.4. The average molecular weight is 393 g/mol. The van der Waals surface area contributed by atoms with Gasteiger partial charge >= 0.3 is 0 Å². The van der Waals surface area contributed by atoms with Crippen LogP contribution in [0.1, 0.15) is 53.6 Å². The number of carbonyl (C=O) groups excluding carboxylic acids is 2. The molecule has 152 valence electrons. The summed E-state index contributed by atoms with van der Waals surface area (Å²) < 4.78 is 5.55. The summed E-state index contributed by atoms with van der Waals surface area (Å²) in [5.41, 5.74) is 4.84. The van der Waals surface area contributed by atoms with Gasteiger partial charge in [-0.15, -0.1) is 0 Å². The van der Waals surface area contributed by atoms with E-state index in [1.165, 1.54) is 19.3 Å². The second-order valence-corrected chi connectivity index (χ2v) is 7.27. The van der Waals surface area contributed by atoms with E-state index in [1.54, 1.807) is 24.4 Å². The summed E-state index contributed by atoms with van der Waals surface area (Å²) >= 11 is 0. The third kappa shape index (κ3) is 6.45. The average Bonchev–Trinajstić information content (AvgIpc) is 2.74. The van der Waals surface area contributed by atoms with Gasteiger partial charge < -0.3 is 10.1 Å². The first-order chi connectivity index (χ1) is 14.1. The van der Waals surface area contributed by atoms with Gasteiger partial charge in [0.1, 0.15) is 5.75 Å². The Morgan fingerprint density at radius 1 is 1.07 bits per heavy atom. The number of hydrogen-bond donors (Lipinski definition) is 2. The number of aryl methyl sites for hydroxylation is 1. The van der Waals surface area contributed by atoms with E-state index >= 15 is 0 Å². The van der Waals surface area contributed by atoms with E-state index in [0.717, 1.165) is 24.0 Å². The first-order valence-electron chi connectivity index (χ1n) is 10.0. The van der Waals surface area contributed by atoms with Gasteiger partial charge in [-0.3, -0.25) is 9.59 Å². The third-order valence-electron chi connectivity index (χ3n) is 4.99. The number of carbonyl (C=O) groups is 2. The van der Waals surface area contributed by atoms with E-state index in [4.69, 9.17) is 4.74 Å². The van der Waals surface area contributed by atoms with Crippen LogP contribution < -0.4 is 15.5 Å². The Labute approximate surface area is 171 Å². The van der Waals surface area contributed by atoms with Crippen LogP contribution in [0, 0.1) is 6.92 Å². The molecule has 0 heterocycles. The fourth-order valence-corrected chi connectivity index (χ4v) is 3.37. The largest absolute Gasteiger partial charge is 0.484 e. The summed E-state index contributed by atoms with van der Waals surface area (Å²) in [5, 5.41) is 7.03. The van der Waals surface area contributed by atoms with Crippen molar-refractivity contribution in [2.45, 2.75) is 45.1 Å². The van der Waals surface area contributed by atoms with Gasteiger partial charge in [-0.1, -0.05) is 37.5 Å². The molecule has 0 atom stereocenters. The summed E-state index contributed by atoms with van der Waals surface area (Å²) in [7, 11) is 0. The predicted octanol–water partition coefficient (Wildman–Crippen LogP) is 3.59. The van der Waals surface area contributed by atoms with E-state index < -0.39 is 0 Å². The molecule has 2 aromatic carbocycles. The maximum atomic E-state index is 12.1. The van der Waals surface area contributed by atoms with E-state index in [0.29, 0.717) is 11.3 Å². The molecule has 0 radical (unpaired) electrons. The van der Waals surface area contributed by atoms with Crippen LogP contribution in [0.3, 0.4) is 0 Å². The molecule has 6 nitrogen and oxygen atoms in total. The van der Waals surface area contributed by atoms with Gasteiger partial charge in [0.25, 0.3) is 11.8 Å². The second-order valence-electron chi connectivity index (χ2n) is 7.27. The van der Waals surface area contributed by atoms with Crippen LogP contribution in [-0.2, 0) is 4.79 Å². The number of rotatable bonds is 7. The molecule has 1 aliphatic carbocycles. The molecule has 1 saturated carbocycles. The monoisotopic (exact) mass is 393 g/mol. The van der Waals surface area contributed by atoms with Gasteiger partial charge in [0.15, 0.2) is 6.61 Å². The number of nitrogens with zero attached hydrogens (tertiary/aromatic N) is 1. The molecule has 1 fully saturated rings. The Balaban J connectivity index is 1.43. The Hall–Kier alpha value is -3.15. The normalized spacial score (nSPS) is 14.5. The number of hydrogen-bond acceptors (Lipinski definition) is 4. The lowest BCUT2D eigenvalue weighted by atomic mass is 9.95. The number of benzene rings is 2. The van der Waals surface area contributed by atoms with Crippen LogP contribution in [0.2, 0.25) is 0 Å². The Bertz CT molecular complexity index is 856. The summed E-state index contributed by atoms with van der Waals surface area (Å²) in [6.07, 6.45) is 7.30. The first kappa shape index (κ1) is 20.6. The van der Waals surface area contributed by atoms with Crippen molar-refractivity contribution >= 4 is 18.0 Å². The van der Waals surface area contributed by atoms with Crippen LogP contribution in [0.25, 0.3) is 0 Å². The molecule has 6 heteroatoms. The summed E-state index contributed by atoms with van der Waals surface area (Å²) in [6, 6.07) is 14.8. The zero-order valence-electron chi connectivity index (χ0n) is 16.7. The molecule has 3 rings (SSSR count). The molecule has 2 N–H and O–H groups in total. The highest BCUT2D eigenvalue weighted by atomic mass is 16.5. The van der Waals surface area contributed by atoms with E-state index in [1.807, 2.05) is 37.3 Å². The van der Waals surface area contributed by atoms with Crippen LogP contribution in [0.15, 0.2) is 53.6 Å². The van der Waals surface area contributed by atoms with Gasteiger partial charge in [-0.2, -0.15) is 5.10 Å². The van der Waals surface area contributed by atoms with Gasteiger partial charge in [-0.05, 0) is 61.2 Å². The van der Waals surface area contributed by atoms with Crippen molar-refractivity contribution in [3.05, 3.63) is 65.2 Å². The predicted molar refractivity (Wildman–Crippen MR) is 113 cm³/mol. The fraction of sp³-hybridized carbons (Fsp3) is 0.348. The topological polar surface area (TPSA) is 79.8 Å². The molecule has 0 aromatic heterocycles. The number of hydrazone groups is 1. The van der Waals surface area contributed by atoms with Crippen molar-refractivity contribution < 1.29 is 14.3 Å². The minimum Gasteiger partial charge on any atom is -0.484 e. The SMILES string of the molecule is Cc1ccccc1C(=O)N/N=C\c1ccc(OCC(=O)NC2CCCCC2)cc1. The Morgan fingerprint density at radius 2 is 1.79 bits per heavy atom. The first-order valence-corrected chi connectivity index (χ1v) is 10.0. The Morgan fingerprint density at radius 3 is 2.52 bits per heavy atom. The highest BCUT2D eigenvalue weighted by Gasteiger charge is 2.15. The molecular formula is C23H27N3O3. The van der Waals surface area contributed by atoms with Crippen molar-refractivity contribution in [2.75, 3.05) is 6.61 Å². The van der Waals surface area contributed by atoms with Gasteiger partial charge in [0, 0.05) is 11.6 Å². The lowest BCUT2D eigenvalue weighted by molar-refractivity contribution is -0.124. The molecular weight excluding hydrogens is 366 g/mol. The van der Waals surface area contributed by atoms with Crippen molar-refractivity contribution in [3.8, 4) is 5.75 Å². The highest BCUT2D eigenvalue weighted by Crippen LogP contribution is 2.17. The van der Waals surface area contributed by atoms with E-state index in [-0.39, 0.29) is 24.5 Å². The third-order valence-corrected chi connectivity index (χ3v) is 4.99. The van der Waals surface area contributed by atoms with Crippen LogP contribution in [0.5, 0.6) is 5.75 Å². The standard InChI is InChI=1S/C23H27N3O3/c1-17-7-5-6-10-21(17)23(28)26-24-15-18-11-13-20(14-12-18)29-16-22(27)25-19-8-3-2-4-9-19/h5-7,10-15,19H,2-4,8-9,16H2,1H3,(H,25,27)(H,26,28)/b24-15-. The number of amides is 2. The molecule has 0 unspecified atom stereocenters. The molecule has 1 aliphatic rings. The summed E-state index contributed by atoms with van der Waals surface area (Å²) in [4.78, 5) is 24.1. The van der Waals surface area contributed by atoms with Gasteiger partial charge in [0.05, 0.1) is 6.21 Å². The van der Waals surface area contributed by atoms with E-state index in [9.17, 15) is 9.59 Å². The van der Waals surface area contributed by atoms with Crippen LogP contribution >= 0.6 is 0 Å². The van der Waals surface area contributed by atoms with E-state index in [2.05, 4.69) is 15.8 Å². The highest BCUT2D eigenvalue weighted by molar-refractivity contribution is 5.96. The molecule has 29 heavy (non-hydrogen) atoms. The fourth-order valence-electron chi connectivity index (χ4n) is 3.37. The minimum atomic E-state index is -0.247. The van der Waals surface area contributed by atoms with Crippen molar-refractivity contribution in [3.63, 3.8) is 0 Å². The van der Waals surface area contributed by atoms with Crippen molar-refractivity contribution in [1.82, 2.24) is 10.7 Å². The smallest absolute Gasteiger partial charge is 0.271 e. The number of nitrogens with one attached hydrogen (secondary N) is 2. The molecule has 0 saturated heterocycles. The van der Waals surface area contributed by atoms with Crippen LogP contribution in [-0.4, -0.2) is 30.7 Å². The molecule has 0 aliphatic heterocycles. The Kier molecular flexibility index (Phi) is 7.39. The van der Waals surface area contributed by atoms with Gasteiger partial charge in [0.2, 0.25) is 0 Å². The van der Waals surface area contributed by atoms with Gasteiger partial charge in [-0.25, -0.2) is 5.43 Å². The maximum absolute atomic E-state index is 12.1.